The molecule has 7 heteroatoms. The van der Waals surface area contributed by atoms with Crippen LogP contribution in [-0.4, -0.2) is 47.6 Å². The number of nitrogens with zero attached hydrogens (tertiary/aromatic N) is 3. The van der Waals surface area contributed by atoms with Crippen molar-refractivity contribution in [1.82, 2.24) is 9.13 Å². The Hall–Kier alpha value is -2.25. The molecule has 0 saturated heterocycles. The Labute approximate surface area is 146 Å². The van der Waals surface area contributed by atoms with E-state index in [0.717, 1.165) is 13.0 Å². The molecule has 0 amide bonds. The minimum absolute atomic E-state index is 0.146. The van der Waals surface area contributed by atoms with E-state index in [0.29, 0.717) is 12.2 Å². The lowest BCUT2D eigenvalue weighted by Gasteiger charge is -2.12. The van der Waals surface area contributed by atoms with Gasteiger partial charge in [-0.3, -0.25) is 18.9 Å². The maximum absolute atomic E-state index is 12.8. The molecule has 0 aliphatic carbocycles. The summed E-state index contributed by atoms with van der Waals surface area (Å²) >= 11 is 5.31. The van der Waals surface area contributed by atoms with Gasteiger partial charge in [-0.1, -0.05) is 18.2 Å². The predicted octanol–water partition coefficient (Wildman–Crippen LogP) is 0.565. The van der Waals surface area contributed by atoms with Crippen LogP contribution in [0.25, 0.3) is 5.69 Å². The molecule has 0 bridgehead atoms. The van der Waals surface area contributed by atoms with Gasteiger partial charge in [-0.05, 0) is 24.4 Å². The van der Waals surface area contributed by atoms with Crippen molar-refractivity contribution >= 4 is 18.4 Å². The Balaban J connectivity index is 2.43. The van der Waals surface area contributed by atoms with Gasteiger partial charge in [0, 0.05) is 26.2 Å². The van der Waals surface area contributed by atoms with Crippen LogP contribution in [0.3, 0.4) is 0 Å². The standard InChI is InChI=1S/C17H22N4O2S/c1-19(2)11-7-10-18-12-14-15(22)20(3)17(24)21(16(14)23)13-8-5-4-6-9-13/h4-6,8-9,12,22H,7,10-11H2,1-3H3/p+1. The van der Waals surface area contributed by atoms with E-state index in [1.165, 1.54) is 20.2 Å². The smallest absolute Gasteiger partial charge is 0.271 e. The molecule has 1 aromatic heterocycles. The molecule has 0 aliphatic heterocycles. The van der Waals surface area contributed by atoms with Gasteiger partial charge < -0.3 is 10.0 Å². The average molecular weight is 347 g/mol. The zero-order valence-electron chi connectivity index (χ0n) is 14.2. The molecule has 2 N–H and O–H groups in total. The molecule has 2 rings (SSSR count). The number of benzene rings is 1. The van der Waals surface area contributed by atoms with Crippen molar-refractivity contribution in [2.24, 2.45) is 12.0 Å². The molecular formula is C17H23N4O2S+. The molecule has 2 aromatic rings. The molecule has 0 aliphatic rings. The van der Waals surface area contributed by atoms with E-state index < -0.39 is 0 Å². The van der Waals surface area contributed by atoms with Gasteiger partial charge in [-0.25, -0.2) is 0 Å². The Morgan fingerprint density at radius 1 is 1.29 bits per heavy atom. The van der Waals surface area contributed by atoms with Crippen molar-refractivity contribution in [3.05, 3.63) is 51.0 Å². The van der Waals surface area contributed by atoms with Gasteiger partial charge in [0.2, 0.25) is 5.88 Å². The SMILES string of the molecule is Cn1c(O)c(C=NCCC[NH+](C)C)c(=O)n(-c2ccccc2)c1=S. The third-order valence-electron chi connectivity index (χ3n) is 3.67. The van der Waals surface area contributed by atoms with E-state index in [9.17, 15) is 9.90 Å². The maximum atomic E-state index is 12.8. The van der Waals surface area contributed by atoms with Crippen molar-refractivity contribution in [2.75, 3.05) is 27.2 Å². The number of aromatic hydroxyl groups is 1. The number of aliphatic imine (C=N–C) groups is 1. The fourth-order valence-corrected chi connectivity index (χ4v) is 2.60. The lowest BCUT2D eigenvalue weighted by atomic mass is 10.3. The van der Waals surface area contributed by atoms with Crippen LogP contribution in [-0.2, 0) is 7.05 Å². The third kappa shape index (κ3) is 3.98. The number of hydrogen-bond donors (Lipinski definition) is 2. The quantitative estimate of drug-likeness (QED) is 0.456. The lowest BCUT2D eigenvalue weighted by molar-refractivity contribution is -0.858. The first-order chi connectivity index (χ1) is 11.4. The Kier molecular flexibility index (Phi) is 6.05. The average Bonchev–Trinajstić information content (AvgIpc) is 2.56. The summed E-state index contributed by atoms with van der Waals surface area (Å²) in [4.78, 5) is 18.4. The summed E-state index contributed by atoms with van der Waals surface area (Å²) in [6.07, 6.45) is 2.36. The van der Waals surface area contributed by atoms with Crippen LogP contribution >= 0.6 is 12.2 Å². The summed E-state index contributed by atoms with van der Waals surface area (Å²) in [5, 5.41) is 10.3. The topological polar surface area (TPSA) is 64.0 Å². The molecule has 128 valence electrons. The van der Waals surface area contributed by atoms with E-state index in [1.54, 1.807) is 19.2 Å². The largest absolute Gasteiger partial charge is 0.494 e. The Morgan fingerprint density at radius 3 is 2.58 bits per heavy atom. The van der Waals surface area contributed by atoms with Crippen molar-refractivity contribution in [1.29, 1.82) is 0 Å². The van der Waals surface area contributed by atoms with Gasteiger partial charge in [-0.2, -0.15) is 0 Å². The molecule has 0 saturated carbocycles. The molecule has 1 heterocycles. The van der Waals surface area contributed by atoms with Crippen molar-refractivity contribution in [2.45, 2.75) is 6.42 Å². The van der Waals surface area contributed by atoms with Crippen LogP contribution in [0.5, 0.6) is 5.88 Å². The number of rotatable bonds is 6. The summed E-state index contributed by atoms with van der Waals surface area (Å²) in [6.45, 7) is 1.60. The first-order valence-electron chi connectivity index (χ1n) is 7.82. The van der Waals surface area contributed by atoms with Gasteiger partial charge in [-0.15, -0.1) is 0 Å². The van der Waals surface area contributed by atoms with Crippen LogP contribution < -0.4 is 10.5 Å². The summed E-state index contributed by atoms with van der Waals surface area (Å²) in [5.74, 6) is -0.167. The fourth-order valence-electron chi connectivity index (χ4n) is 2.32. The number of quaternary nitrogens is 1. The molecule has 0 radical (unpaired) electrons. The second-order valence-corrected chi connectivity index (χ2v) is 6.27. The number of para-hydroxylation sites is 1. The lowest BCUT2D eigenvalue weighted by Crippen LogP contribution is -3.05. The highest BCUT2D eigenvalue weighted by molar-refractivity contribution is 7.71. The molecule has 6 nitrogen and oxygen atoms in total. The summed E-state index contributed by atoms with van der Waals surface area (Å²) in [7, 11) is 5.79. The van der Waals surface area contributed by atoms with Gasteiger partial charge >= 0.3 is 0 Å². The second kappa shape index (κ2) is 8.03. The number of aromatic nitrogens is 2. The third-order valence-corrected chi connectivity index (χ3v) is 4.13. The Morgan fingerprint density at radius 2 is 1.96 bits per heavy atom. The van der Waals surface area contributed by atoms with E-state index in [-0.39, 0.29) is 21.8 Å². The highest BCUT2D eigenvalue weighted by atomic mass is 32.1. The van der Waals surface area contributed by atoms with Gasteiger partial charge in [0.1, 0.15) is 5.56 Å². The van der Waals surface area contributed by atoms with Crippen LogP contribution in [0.4, 0.5) is 0 Å². The zero-order chi connectivity index (χ0) is 17.7. The van der Waals surface area contributed by atoms with E-state index >= 15 is 0 Å². The van der Waals surface area contributed by atoms with E-state index in [1.807, 2.05) is 18.2 Å². The zero-order valence-corrected chi connectivity index (χ0v) is 15.0. The van der Waals surface area contributed by atoms with Gasteiger partial charge in [0.15, 0.2) is 4.77 Å². The molecule has 1 aromatic carbocycles. The van der Waals surface area contributed by atoms with E-state index in [2.05, 4.69) is 19.1 Å². The fraction of sp³-hybridized carbons (Fsp3) is 0.353. The number of hydrogen-bond acceptors (Lipinski definition) is 4. The molecule has 0 atom stereocenters. The molecule has 0 unspecified atom stereocenters. The highest BCUT2D eigenvalue weighted by Gasteiger charge is 2.14. The minimum atomic E-state index is -0.371. The number of nitrogens with one attached hydrogen (secondary N) is 1. The Bertz CT molecular complexity index is 838. The second-order valence-electron chi connectivity index (χ2n) is 5.90. The molecule has 0 fully saturated rings. The first-order valence-corrected chi connectivity index (χ1v) is 8.23. The predicted molar refractivity (Wildman–Crippen MR) is 98.3 cm³/mol. The monoisotopic (exact) mass is 347 g/mol. The van der Waals surface area contributed by atoms with Crippen LogP contribution in [0.1, 0.15) is 12.0 Å². The van der Waals surface area contributed by atoms with Crippen molar-refractivity contribution in [3.63, 3.8) is 0 Å². The van der Waals surface area contributed by atoms with Crippen LogP contribution in [0.2, 0.25) is 0 Å². The van der Waals surface area contributed by atoms with Gasteiger partial charge in [0.05, 0.1) is 26.3 Å². The molecule has 0 spiro atoms. The summed E-state index contributed by atoms with van der Waals surface area (Å²) in [5.41, 5.74) is 0.435. The first kappa shape index (κ1) is 18.1. The maximum Gasteiger partial charge on any atom is 0.271 e. The molecule has 24 heavy (non-hydrogen) atoms. The van der Waals surface area contributed by atoms with Crippen LogP contribution in [0.15, 0.2) is 40.1 Å². The summed E-state index contributed by atoms with van der Waals surface area (Å²) in [6, 6.07) is 9.14. The van der Waals surface area contributed by atoms with E-state index in [4.69, 9.17) is 12.2 Å². The van der Waals surface area contributed by atoms with Gasteiger partial charge in [0.25, 0.3) is 5.56 Å². The van der Waals surface area contributed by atoms with Crippen molar-refractivity contribution < 1.29 is 10.0 Å². The normalized spacial score (nSPS) is 11.5. The highest BCUT2D eigenvalue weighted by Crippen LogP contribution is 2.14. The molecular weight excluding hydrogens is 324 g/mol. The summed E-state index contributed by atoms with van der Waals surface area (Å²) < 4.78 is 3.05. The van der Waals surface area contributed by atoms with Crippen molar-refractivity contribution in [3.8, 4) is 11.6 Å². The minimum Gasteiger partial charge on any atom is -0.494 e. The van der Waals surface area contributed by atoms with Crippen LogP contribution in [0, 0.1) is 4.77 Å².